The maximum atomic E-state index is 5.41. The summed E-state index contributed by atoms with van der Waals surface area (Å²) in [6.07, 6.45) is 7.07. The zero-order valence-electron chi connectivity index (χ0n) is 10.6. The predicted molar refractivity (Wildman–Crippen MR) is 64.9 cm³/mol. The number of fused-ring (bicyclic) bond motifs is 1. The highest BCUT2D eigenvalue weighted by atomic mass is 16.5. The number of aromatic nitrogens is 3. The van der Waals surface area contributed by atoms with E-state index in [0.29, 0.717) is 6.04 Å². The summed E-state index contributed by atoms with van der Waals surface area (Å²) in [5, 5.41) is 8.77. The molecule has 0 N–H and O–H groups in total. The summed E-state index contributed by atoms with van der Waals surface area (Å²) in [6, 6.07) is 0.587. The highest BCUT2D eigenvalue weighted by Crippen LogP contribution is 2.27. The summed E-state index contributed by atoms with van der Waals surface area (Å²) in [6.45, 7) is 4.13. The van der Waals surface area contributed by atoms with Crippen molar-refractivity contribution in [2.45, 2.75) is 51.5 Å². The molecule has 3 rings (SSSR count). The van der Waals surface area contributed by atoms with Crippen LogP contribution in [0.25, 0.3) is 0 Å². The van der Waals surface area contributed by atoms with E-state index in [4.69, 9.17) is 4.74 Å². The lowest BCUT2D eigenvalue weighted by molar-refractivity contribution is 0.0655. The summed E-state index contributed by atoms with van der Waals surface area (Å²) in [4.78, 5) is 0. The quantitative estimate of drug-likeness (QED) is 0.788. The fourth-order valence-electron chi connectivity index (χ4n) is 3.07. The van der Waals surface area contributed by atoms with Crippen molar-refractivity contribution in [1.82, 2.24) is 14.8 Å². The fraction of sp³-hybridized carbons (Fsp3) is 0.846. The van der Waals surface area contributed by atoms with E-state index in [0.717, 1.165) is 32.0 Å². The Morgan fingerprint density at radius 3 is 2.88 bits per heavy atom. The average molecular weight is 235 g/mol. The first kappa shape index (κ1) is 11.2. The van der Waals surface area contributed by atoms with Gasteiger partial charge in [0, 0.05) is 32.1 Å². The molecule has 94 valence electrons. The average Bonchev–Trinajstić information content (AvgIpc) is 2.75. The lowest BCUT2D eigenvalue weighted by Gasteiger charge is -2.25. The maximum absolute atomic E-state index is 5.41. The van der Waals surface area contributed by atoms with Crippen LogP contribution in [0.2, 0.25) is 0 Å². The molecule has 4 nitrogen and oxygen atoms in total. The second-order valence-electron chi connectivity index (χ2n) is 5.40. The molecule has 0 radical (unpaired) electrons. The molecular weight excluding hydrogens is 214 g/mol. The van der Waals surface area contributed by atoms with Crippen molar-refractivity contribution in [1.29, 1.82) is 0 Å². The first-order valence-electron chi connectivity index (χ1n) is 6.85. The molecule has 1 saturated heterocycles. The van der Waals surface area contributed by atoms with Gasteiger partial charge in [0.2, 0.25) is 0 Å². The van der Waals surface area contributed by atoms with E-state index in [-0.39, 0.29) is 0 Å². The Bertz CT molecular complexity index is 382. The van der Waals surface area contributed by atoms with E-state index in [2.05, 4.69) is 21.7 Å². The first-order valence-corrected chi connectivity index (χ1v) is 6.85. The molecule has 2 aliphatic rings. The van der Waals surface area contributed by atoms with E-state index in [1.54, 1.807) is 0 Å². The Balaban J connectivity index is 1.76. The van der Waals surface area contributed by atoms with Crippen molar-refractivity contribution in [3.8, 4) is 0 Å². The van der Waals surface area contributed by atoms with Crippen molar-refractivity contribution in [2.75, 3.05) is 13.2 Å². The van der Waals surface area contributed by atoms with Crippen LogP contribution in [0.1, 0.15) is 50.3 Å². The Morgan fingerprint density at radius 2 is 2.06 bits per heavy atom. The van der Waals surface area contributed by atoms with Crippen LogP contribution in [0, 0.1) is 5.92 Å². The molecule has 1 aromatic heterocycles. The molecule has 0 bridgehead atoms. The highest BCUT2D eigenvalue weighted by Gasteiger charge is 2.24. The van der Waals surface area contributed by atoms with Gasteiger partial charge < -0.3 is 9.30 Å². The largest absolute Gasteiger partial charge is 0.381 e. The van der Waals surface area contributed by atoms with Gasteiger partial charge in [-0.2, -0.15) is 0 Å². The Morgan fingerprint density at radius 1 is 1.24 bits per heavy atom. The molecule has 4 heteroatoms. The van der Waals surface area contributed by atoms with Gasteiger partial charge in [-0.25, -0.2) is 0 Å². The summed E-state index contributed by atoms with van der Waals surface area (Å²) in [7, 11) is 0. The zero-order chi connectivity index (χ0) is 11.7. The minimum Gasteiger partial charge on any atom is -0.381 e. The van der Waals surface area contributed by atoms with Gasteiger partial charge in [0.25, 0.3) is 0 Å². The molecular formula is C13H21N3O. The number of hydrogen-bond donors (Lipinski definition) is 0. The number of ether oxygens (including phenoxy) is 1. The Labute approximate surface area is 102 Å². The molecule has 17 heavy (non-hydrogen) atoms. The second-order valence-corrected chi connectivity index (χ2v) is 5.40. The smallest absolute Gasteiger partial charge is 0.133 e. The van der Waals surface area contributed by atoms with Crippen LogP contribution >= 0.6 is 0 Å². The first-order chi connectivity index (χ1) is 8.34. The molecule has 3 heterocycles. The minimum atomic E-state index is 0.587. The fourth-order valence-corrected chi connectivity index (χ4v) is 3.07. The standard InChI is InChI=1S/C13H21N3O/c1-10-3-2-4-12-14-15-13(16(10)12)9-11-5-7-17-8-6-11/h10-11H,2-9H2,1H3. The van der Waals surface area contributed by atoms with Gasteiger partial charge >= 0.3 is 0 Å². The molecule has 0 aliphatic carbocycles. The summed E-state index contributed by atoms with van der Waals surface area (Å²) < 4.78 is 7.80. The van der Waals surface area contributed by atoms with Crippen molar-refractivity contribution < 1.29 is 4.74 Å². The van der Waals surface area contributed by atoms with E-state index >= 15 is 0 Å². The van der Waals surface area contributed by atoms with Crippen LogP contribution in [-0.4, -0.2) is 28.0 Å². The third-order valence-corrected chi connectivity index (χ3v) is 4.11. The third kappa shape index (κ3) is 2.23. The minimum absolute atomic E-state index is 0.587. The van der Waals surface area contributed by atoms with Crippen LogP contribution in [0.3, 0.4) is 0 Å². The normalized spacial score (nSPS) is 25.8. The zero-order valence-corrected chi connectivity index (χ0v) is 10.6. The molecule has 0 aromatic carbocycles. The maximum Gasteiger partial charge on any atom is 0.133 e. The van der Waals surface area contributed by atoms with Gasteiger partial charge in [-0.05, 0) is 38.5 Å². The Hall–Kier alpha value is -0.900. The molecule has 1 fully saturated rings. The van der Waals surface area contributed by atoms with Gasteiger partial charge in [-0.1, -0.05) is 0 Å². The third-order valence-electron chi connectivity index (χ3n) is 4.11. The molecule has 2 aliphatic heterocycles. The lowest BCUT2D eigenvalue weighted by Crippen LogP contribution is -2.22. The van der Waals surface area contributed by atoms with Crippen molar-refractivity contribution in [3.05, 3.63) is 11.6 Å². The molecule has 0 saturated carbocycles. The van der Waals surface area contributed by atoms with E-state index in [1.165, 1.54) is 37.3 Å². The summed E-state index contributed by atoms with van der Waals surface area (Å²) in [5.41, 5.74) is 0. The van der Waals surface area contributed by atoms with Crippen LogP contribution in [0.4, 0.5) is 0 Å². The van der Waals surface area contributed by atoms with Gasteiger partial charge in [-0.3, -0.25) is 0 Å². The second kappa shape index (κ2) is 4.77. The number of hydrogen-bond acceptors (Lipinski definition) is 3. The molecule has 1 unspecified atom stereocenters. The van der Waals surface area contributed by atoms with Crippen molar-refractivity contribution in [2.24, 2.45) is 5.92 Å². The molecule has 0 spiro atoms. The van der Waals surface area contributed by atoms with E-state index in [1.807, 2.05) is 0 Å². The Kier molecular flexibility index (Phi) is 3.14. The molecule has 1 atom stereocenters. The van der Waals surface area contributed by atoms with Gasteiger partial charge in [0.05, 0.1) is 0 Å². The lowest BCUT2D eigenvalue weighted by atomic mass is 9.95. The van der Waals surface area contributed by atoms with Gasteiger partial charge in [-0.15, -0.1) is 10.2 Å². The molecule has 1 aromatic rings. The topological polar surface area (TPSA) is 39.9 Å². The van der Waals surface area contributed by atoms with E-state index in [9.17, 15) is 0 Å². The monoisotopic (exact) mass is 235 g/mol. The number of aryl methyl sites for hydroxylation is 1. The van der Waals surface area contributed by atoms with Crippen LogP contribution < -0.4 is 0 Å². The summed E-state index contributed by atoms with van der Waals surface area (Å²) >= 11 is 0. The van der Waals surface area contributed by atoms with Gasteiger partial charge in [0.1, 0.15) is 11.6 Å². The van der Waals surface area contributed by atoms with Crippen molar-refractivity contribution >= 4 is 0 Å². The van der Waals surface area contributed by atoms with Gasteiger partial charge in [0.15, 0.2) is 0 Å². The summed E-state index contributed by atoms with van der Waals surface area (Å²) in [5.74, 6) is 3.15. The van der Waals surface area contributed by atoms with Crippen LogP contribution in [0.15, 0.2) is 0 Å². The number of nitrogens with zero attached hydrogens (tertiary/aromatic N) is 3. The van der Waals surface area contributed by atoms with Crippen LogP contribution in [0.5, 0.6) is 0 Å². The molecule has 0 amide bonds. The number of rotatable bonds is 2. The predicted octanol–water partition coefficient (Wildman–Crippen LogP) is 2.14. The van der Waals surface area contributed by atoms with Crippen LogP contribution in [-0.2, 0) is 17.6 Å². The highest BCUT2D eigenvalue weighted by molar-refractivity contribution is 5.02. The van der Waals surface area contributed by atoms with E-state index < -0.39 is 0 Å². The SMILES string of the molecule is CC1CCCc2nnc(CC3CCOCC3)n21. The van der Waals surface area contributed by atoms with Crippen molar-refractivity contribution in [3.63, 3.8) is 0 Å².